The number of rotatable bonds is 1. The van der Waals surface area contributed by atoms with Crippen molar-refractivity contribution in [1.82, 2.24) is 0 Å². The van der Waals surface area contributed by atoms with Gasteiger partial charge in [-0.3, -0.25) is 0 Å². The molecule has 0 aromatic rings. The van der Waals surface area contributed by atoms with Crippen molar-refractivity contribution < 1.29 is 9.84 Å². The maximum atomic E-state index is 10.00. The zero-order chi connectivity index (χ0) is 9.97. The number of hydrogen-bond acceptors (Lipinski definition) is 2. The first kappa shape index (κ1) is 10.4. The molecule has 2 aliphatic rings. The van der Waals surface area contributed by atoms with Crippen LogP contribution in [0.15, 0.2) is 0 Å². The zero-order valence-electron chi connectivity index (χ0n) is 9.11. The molecule has 1 saturated carbocycles. The molecular weight excluding hydrogens is 176 g/mol. The van der Waals surface area contributed by atoms with Crippen molar-refractivity contribution >= 4 is 0 Å². The second kappa shape index (κ2) is 4.63. The highest BCUT2D eigenvalue weighted by molar-refractivity contribution is 4.84. The number of hydrogen-bond donors (Lipinski definition) is 1. The van der Waals surface area contributed by atoms with Crippen LogP contribution in [-0.2, 0) is 4.74 Å². The van der Waals surface area contributed by atoms with Crippen molar-refractivity contribution in [1.29, 1.82) is 0 Å². The van der Waals surface area contributed by atoms with Crippen LogP contribution in [0.1, 0.15) is 39.0 Å². The van der Waals surface area contributed by atoms with E-state index >= 15 is 0 Å². The molecule has 0 radical (unpaired) electrons. The van der Waals surface area contributed by atoms with Gasteiger partial charge >= 0.3 is 0 Å². The second-order valence-corrected chi connectivity index (χ2v) is 5.10. The zero-order valence-corrected chi connectivity index (χ0v) is 9.11. The first-order valence-corrected chi connectivity index (χ1v) is 6.03. The smallest absolute Gasteiger partial charge is 0.0571 e. The maximum Gasteiger partial charge on any atom is 0.0571 e. The Morgan fingerprint density at radius 3 is 2.50 bits per heavy atom. The van der Waals surface area contributed by atoms with Gasteiger partial charge in [0.2, 0.25) is 0 Å². The van der Waals surface area contributed by atoms with Gasteiger partial charge in [0, 0.05) is 13.2 Å². The first-order chi connectivity index (χ1) is 6.77. The summed E-state index contributed by atoms with van der Waals surface area (Å²) in [6, 6.07) is 0. The van der Waals surface area contributed by atoms with E-state index in [1.54, 1.807) is 0 Å². The fourth-order valence-electron chi connectivity index (χ4n) is 3.06. The molecule has 0 amide bonds. The van der Waals surface area contributed by atoms with E-state index in [1.807, 2.05) is 0 Å². The summed E-state index contributed by atoms with van der Waals surface area (Å²) in [6.07, 6.45) is 5.74. The lowest BCUT2D eigenvalue weighted by atomic mass is 9.71. The van der Waals surface area contributed by atoms with Gasteiger partial charge in [0.25, 0.3) is 0 Å². The minimum absolute atomic E-state index is 0.0331. The Labute approximate surface area is 86.6 Å². The predicted octanol–water partition coefficient (Wildman–Crippen LogP) is 2.21. The fraction of sp³-hybridized carbons (Fsp3) is 1.00. The predicted molar refractivity (Wildman–Crippen MR) is 56.1 cm³/mol. The molecule has 0 spiro atoms. The van der Waals surface area contributed by atoms with E-state index in [0.717, 1.165) is 44.3 Å². The third-order valence-electron chi connectivity index (χ3n) is 4.00. The molecule has 3 unspecified atom stereocenters. The van der Waals surface area contributed by atoms with Gasteiger partial charge in [-0.05, 0) is 49.9 Å². The van der Waals surface area contributed by atoms with Crippen LogP contribution in [0.3, 0.4) is 0 Å². The highest BCUT2D eigenvalue weighted by atomic mass is 16.5. The summed E-state index contributed by atoms with van der Waals surface area (Å²) in [4.78, 5) is 0. The van der Waals surface area contributed by atoms with Crippen molar-refractivity contribution in [3.63, 3.8) is 0 Å². The summed E-state index contributed by atoms with van der Waals surface area (Å²) in [5, 5.41) is 10.00. The summed E-state index contributed by atoms with van der Waals surface area (Å²) < 4.78 is 5.37. The largest absolute Gasteiger partial charge is 0.393 e. The van der Waals surface area contributed by atoms with Crippen LogP contribution in [0.2, 0.25) is 0 Å². The Kier molecular flexibility index (Phi) is 3.45. The van der Waals surface area contributed by atoms with Crippen molar-refractivity contribution in [3.8, 4) is 0 Å². The highest BCUT2D eigenvalue weighted by Crippen LogP contribution is 2.37. The average Bonchev–Trinajstić information content (AvgIpc) is 2.23. The lowest BCUT2D eigenvalue weighted by molar-refractivity contribution is -0.0234. The number of aliphatic hydroxyl groups is 1. The van der Waals surface area contributed by atoms with Gasteiger partial charge in [-0.1, -0.05) is 6.92 Å². The van der Waals surface area contributed by atoms with Crippen molar-refractivity contribution in [2.45, 2.75) is 45.1 Å². The van der Waals surface area contributed by atoms with Gasteiger partial charge in [0.1, 0.15) is 0 Å². The molecule has 1 aliphatic carbocycles. The van der Waals surface area contributed by atoms with E-state index in [-0.39, 0.29) is 6.10 Å². The number of aliphatic hydroxyl groups excluding tert-OH is 1. The summed E-state index contributed by atoms with van der Waals surface area (Å²) in [7, 11) is 0. The molecule has 82 valence electrons. The van der Waals surface area contributed by atoms with Crippen molar-refractivity contribution in [2.75, 3.05) is 13.2 Å². The molecule has 2 nitrogen and oxygen atoms in total. The van der Waals surface area contributed by atoms with Crippen LogP contribution in [0, 0.1) is 17.8 Å². The summed E-state index contributed by atoms with van der Waals surface area (Å²) in [6.45, 7) is 4.13. The van der Waals surface area contributed by atoms with E-state index in [9.17, 15) is 5.11 Å². The molecule has 2 heteroatoms. The van der Waals surface area contributed by atoms with Gasteiger partial charge in [-0.2, -0.15) is 0 Å². The van der Waals surface area contributed by atoms with Gasteiger partial charge in [-0.25, -0.2) is 0 Å². The van der Waals surface area contributed by atoms with Crippen molar-refractivity contribution in [3.05, 3.63) is 0 Å². The van der Waals surface area contributed by atoms with E-state index in [0.29, 0.717) is 5.92 Å². The molecule has 14 heavy (non-hydrogen) atoms. The molecule has 2 fully saturated rings. The third kappa shape index (κ3) is 2.29. The van der Waals surface area contributed by atoms with Gasteiger partial charge < -0.3 is 9.84 Å². The Hall–Kier alpha value is -0.0800. The third-order valence-corrected chi connectivity index (χ3v) is 4.00. The van der Waals surface area contributed by atoms with Gasteiger partial charge in [-0.15, -0.1) is 0 Å². The lowest BCUT2D eigenvalue weighted by Gasteiger charge is -2.38. The molecule has 3 atom stereocenters. The van der Waals surface area contributed by atoms with Crippen LogP contribution in [0.4, 0.5) is 0 Å². The minimum atomic E-state index is -0.0331. The maximum absolute atomic E-state index is 10.00. The van der Waals surface area contributed by atoms with Crippen LogP contribution < -0.4 is 0 Å². The quantitative estimate of drug-likeness (QED) is 0.700. The SMILES string of the molecule is CC1CCC(O)C(C2CCOCC2)C1. The summed E-state index contributed by atoms with van der Waals surface area (Å²) in [5.41, 5.74) is 0. The molecule has 1 aliphatic heterocycles. The molecular formula is C12H22O2. The lowest BCUT2D eigenvalue weighted by Crippen LogP contribution is -2.36. The summed E-state index contributed by atoms with van der Waals surface area (Å²) >= 11 is 0. The standard InChI is InChI=1S/C12H22O2/c1-9-2-3-12(13)11(8-9)10-4-6-14-7-5-10/h9-13H,2-8H2,1H3. The average molecular weight is 198 g/mol. The Morgan fingerprint density at radius 1 is 1.07 bits per heavy atom. The summed E-state index contributed by atoms with van der Waals surface area (Å²) in [5.74, 6) is 2.09. The fourth-order valence-corrected chi connectivity index (χ4v) is 3.06. The normalized spacial score (nSPS) is 41.1. The van der Waals surface area contributed by atoms with Gasteiger partial charge in [0.15, 0.2) is 0 Å². The van der Waals surface area contributed by atoms with E-state index in [2.05, 4.69) is 6.92 Å². The minimum Gasteiger partial charge on any atom is -0.393 e. The van der Waals surface area contributed by atoms with E-state index in [4.69, 9.17) is 4.74 Å². The molecule has 0 aromatic heterocycles. The second-order valence-electron chi connectivity index (χ2n) is 5.10. The molecule has 0 aromatic carbocycles. The van der Waals surface area contributed by atoms with Crippen LogP contribution in [-0.4, -0.2) is 24.4 Å². The van der Waals surface area contributed by atoms with E-state index < -0.39 is 0 Å². The highest BCUT2D eigenvalue weighted by Gasteiger charge is 2.33. The van der Waals surface area contributed by atoms with Crippen LogP contribution in [0.5, 0.6) is 0 Å². The monoisotopic (exact) mass is 198 g/mol. The Bertz CT molecular complexity index is 175. The molecule has 1 saturated heterocycles. The Morgan fingerprint density at radius 2 is 1.79 bits per heavy atom. The number of ether oxygens (including phenoxy) is 1. The van der Waals surface area contributed by atoms with Crippen LogP contribution in [0.25, 0.3) is 0 Å². The molecule has 1 N–H and O–H groups in total. The van der Waals surface area contributed by atoms with Crippen LogP contribution >= 0.6 is 0 Å². The van der Waals surface area contributed by atoms with Gasteiger partial charge in [0.05, 0.1) is 6.10 Å². The molecule has 2 rings (SSSR count). The first-order valence-electron chi connectivity index (χ1n) is 6.03. The molecule has 0 bridgehead atoms. The van der Waals surface area contributed by atoms with E-state index in [1.165, 1.54) is 12.8 Å². The van der Waals surface area contributed by atoms with Crippen molar-refractivity contribution in [2.24, 2.45) is 17.8 Å². The topological polar surface area (TPSA) is 29.5 Å². The Balaban J connectivity index is 1.92. The molecule has 1 heterocycles.